The van der Waals surface area contributed by atoms with Gasteiger partial charge in [-0.05, 0) is 29.3 Å². The third kappa shape index (κ3) is 5.23. The second-order valence-corrected chi connectivity index (χ2v) is 9.55. The number of hydrogen-bond acceptors (Lipinski definition) is 6. The first kappa shape index (κ1) is 19.3. The molecule has 1 atom stereocenters. The molecule has 0 fully saturated rings. The SMILES string of the molecule is CS(=O)(=O)CCC(NS(=O)(=O)c1ccc2ccccc2c1)C(=O)NO. The normalized spacial score (nSPS) is 13.5. The number of amides is 1. The first-order valence-corrected chi connectivity index (χ1v) is 10.8. The van der Waals surface area contributed by atoms with Crippen molar-refractivity contribution in [2.75, 3.05) is 12.0 Å². The van der Waals surface area contributed by atoms with Crippen LogP contribution in [0.2, 0.25) is 0 Å². The predicted octanol–water partition coefficient (Wildman–Crippen LogP) is 0.427. The van der Waals surface area contributed by atoms with Gasteiger partial charge in [0, 0.05) is 6.26 Å². The molecular weight excluding hydrogens is 368 g/mol. The van der Waals surface area contributed by atoms with Crippen LogP contribution in [0.25, 0.3) is 10.8 Å². The molecule has 0 aliphatic rings. The number of sulfone groups is 1. The molecule has 1 amide bonds. The third-order valence-corrected chi connectivity index (χ3v) is 5.98. The molecule has 0 radical (unpaired) electrons. The molecule has 3 N–H and O–H groups in total. The molecule has 0 saturated carbocycles. The van der Waals surface area contributed by atoms with Crippen LogP contribution in [-0.2, 0) is 24.7 Å². The Morgan fingerprint density at radius 3 is 2.32 bits per heavy atom. The third-order valence-electron chi connectivity index (χ3n) is 3.53. The summed E-state index contributed by atoms with van der Waals surface area (Å²) in [5.74, 6) is -1.45. The lowest BCUT2D eigenvalue weighted by Crippen LogP contribution is -2.46. The Bertz CT molecular complexity index is 986. The van der Waals surface area contributed by atoms with E-state index in [-0.39, 0.29) is 11.3 Å². The molecule has 8 nitrogen and oxygen atoms in total. The summed E-state index contributed by atoms with van der Waals surface area (Å²) >= 11 is 0. The van der Waals surface area contributed by atoms with Crippen molar-refractivity contribution < 1.29 is 26.8 Å². The molecule has 0 spiro atoms. The highest BCUT2D eigenvalue weighted by Gasteiger charge is 2.26. The molecule has 136 valence electrons. The molecule has 10 heteroatoms. The second kappa shape index (κ2) is 7.48. The molecule has 0 heterocycles. The lowest BCUT2D eigenvalue weighted by Gasteiger charge is -2.16. The predicted molar refractivity (Wildman–Crippen MR) is 92.3 cm³/mol. The van der Waals surface area contributed by atoms with Crippen LogP contribution in [0.4, 0.5) is 0 Å². The Hall–Kier alpha value is -2.01. The number of benzene rings is 2. The number of rotatable bonds is 7. The lowest BCUT2D eigenvalue weighted by atomic mass is 10.1. The number of nitrogens with one attached hydrogen (secondary N) is 2. The van der Waals surface area contributed by atoms with Gasteiger partial charge >= 0.3 is 0 Å². The van der Waals surface area contributed by atoms with Crippen LogP contribution >= 0.6 is 0 Å². The molecular formula is C15H18N2O6S2. The van der Waals surface area contributed by atoms with Gasteiger partial charge in [-0.25, -0.2) is 22.3 Å². The Morgan fingerprint density at radius 1 is 1.08 bits per heavy atom. The summed E-state index contributed by atoms with van der Waals surface area (Å²) in [7, 11) is -7.50. The highest BCUT2D eigenvalue weighted by molar-refractivity contribution is 7.90. The number of carbonyl (C=O) groups excluding carboxylic acids is 1. The number of hydrogen-bond donors (Lipinski definition) is 3. The van der Waals surface area contributed by atoms with Crippen LogP contribution in [-0.4, -0.2) is 46.0 Å². The van der Waals surface area contributed by atoms with E-state index in [1.54, 1.807) is 18.2 Å². The largest absolute Gasteiger partial charge is 0.289 e. The molecule has 2 rings (SSSR count). The van der Waals surface area contributed by atoms with Gasteiger partial charge in [-0.2, -0.15) is 4.72 Å². The fourth-order valence-electron chi connectivity index (χ4n) is 2.24. The Morgan fingerprint density at radius 2 is 1.72 bits per heavy atom. The van der Waals surface area contributed by atoms with E-state index < -0.39 is 37.6 Å². The van der Waals surface area contributed by atoms with Crippen molar-refractivity contribution in [3.05, 3.63) is 42.5 Å². The monoisotopic (exact) mass is 386 g/mol. The summed E-state index contributed by atoms with van der Waals surface area (Å²) in [5.41, 5.74) is 1.34. The average Bonchev–Trinajstić information content (AvgIpc) is 2.56. The van der Waals surface area contributed by atoms with Gasteiger partial charge in [0.05, 0.1) is 10.6 Å². The number of fused-ring (bicyclic) bond motifs is 1. The second-order valence-electron chi connectivity index (χ2n) is 5.58. The highest BCUT2D eigenvalue weighted by Crippen LogP contribution is 2.19. The van der Waals surface area contributed by atoms with Crippen molar-refractivity contribution in [3.8, 4) is 0 Å². The zero-order valence-electron chi connectivity index (χ0n) is 13.3. The maximum absolute atomic E-state index is 12.5. The van der Waals surface area contributed by atoms with Crippen LogP contribution in [0.3, 0.4) is 0 Å². The molecule has 0 bridgehead atoms. The van der Waals surface area contributed by atoms with Crippen molar-refractivity contribution in [3.63, 3.8) is 0 Å². The minimum atomic E-state index is -4.09. The maximum Gasteiger partial charge on any atom is 0.261 e. The zero-order chi connectivity index (χ0) is 18.7. The summed E-state index contributed by atoms with van der Waals surface area (Å²) in [5, 5.41) is 10.3. The maximum atomic E-state index is 12.5. The van der Waals surface area contributed by atoms with E-state index >= 15 is 0 Å². The first-order valence-electron chi connectivity index (χ1n) is 7.25. The zero-order valence-corrected chi connectivity index (χ0v) is 15.0. The molecule has 0 aromatic heterocycles. The Kier molecular flexibility index (Phi) is 5.78. The van der Waals surface area contributed by atoms with Crippen LogP contribution < -0.4 is 10.2 Å². The van der Waals surface area contributed by atoms with Crippen molar-refractivity contribution in [1.29, 1.82) is 0 Å². The summed E-state index contributed by atoms with van der Waals surface area (Å²) in [4.78, 5) is 11.6. The van der Waals surface area contributed by atoms with Crippen LogP contribution in [0.1, 0.15) is 6.42 Å². The Balaban J connectivity index is 2.29. The minimum Gasteiger partial charge on any atom is -0.289 e. The first-order chi connectivity index (χ1) is 11.6. The van der Waals surface area contributed by atoms with Gasteiger partial charge < -0.3 is 0 Å². The fraction of sp³-hybridized carbons (Fsp3) is 0.267. The van der Waals surface area contributed by atoms with Crippen LogP contribution in [0.15, 0.2) is 47.4 Å². The van der Waals surface area contributed by atoms with Gasteiger partial charge in [0.1, 0.15) is 15.9 Å². The molecule has 0 aliphatic carbocycles. The molecule has 2 aromatic carbocycles. The van der Waals surface area contributed by atoms with E-state index in [2.05, 4.69) is 4.72 Å². The minimum absolute atomic E-state index is 0.0682. The van der Waals surface area contributed by atoms with Crippen molar-refractivity contribution >= 4 is 36.5 Å². The van der Waals surface area contributed by atoms with Gasteiger partial charge in [0.15, 0.2) is 0 Å². The average molecular weight is 386 g/mol. The van der Waals surface area contributed by atoms with E-state index in [4.69, 9.17) is 5.21 Å². The van der Waals surface area contributed by atoms with E-state index in [1.165, 1.54) is 17.6 Å². The van der Waals surface area contributed by atoms with Crippen molar-refractivity contribution in [1.82, 2.24) is 10.2 Å². The smallest absolute Gasteiger partial charge is 0.261 e. The van der Waals surface area contributed by atoms with E-state index in [1.807, 2.05) is 12.1 Å². The number of carbonyl (C=O) groups is 1. The van der Waals surface area contributed by atoms with E-state index in [9.17, 15) is 21.6 Å². The topological polar surface area (TPSA) is 130 Å². The summed E-state index contributed by atoms with van der Waals surface area (Å²) in [6.07, 6.45) is 0.663. The summed E-state index contributed by atoms with van der Waals surface area (Å²) in [6.45, 7) is 0. The molecule has 2 aromatic rings. The fourth-order valence-corrected chi connectivity index (χ4v) is 4.17. The van der Waals surface area contributed by atoms with E-state index in [0.29, 0.717) is 5.39 Å². The van der Waals surface area contributed by atoms with Gasteiger partial charge in [-0.3, -0.25) is 10.0 Å². The van der Waals surface area contributed by atoms with Crippen molar-refractivity contribution in [2.45, 2.75) is 17.4 Å². The Labute approximate surface area is 145 Å². The molecule has 0 saturated heterocycles. The lowest BCUT2D eigenvalue weighted by molar-refractivity contribution is -0.130. The molecule has 0 aliphatic heterocycles. The van der Waals surface area contributed by atoms with Gasteiger partial charge in [0.2, 0.25) is 10.0 Å². The molecule has 1 unspecified atom stereocenters. The van der Waals surface area contributed by atoms with Gasteiger partial charge in [0.25, 0.3) is 5.91 Å². The standard InChI is InChI=1S/C15H18N2O6S2/c1-24(20,21)9-8-14(15(18)16-19)17-25(22,23)13-7-6-11-4-2-3-5-12(11)10-13/h2-7,10,14,17,19H,8-9H2,1H3,(H,16,18). The van der Waals surface area contributed by atoms with Gasteiger partial charge in [-0.15, -0.1) is 0 Å². The quantitative estimate of drug-likeness (QED) is 0.467. The summed E-state index contributed by atoms with van der Waals surface area (Å²) < 4.78 is 49.7. The van der Waals surface area contributed by atoms with Crippen LogP contribution in [0, 0.1) is 0 Å². The van der Waals surface area contributed by atoms with Gasteiger partial charge in [-0.1, -0.05) is 30.3 Å². The summed E-state index contributed by atoms with van der Waals surface area (Å²) in [6, 6.07) is 10.2. The molecule has 25 heavy (non-hydrogen) atoms. The van der Waals surface area contributed by atoms with E-state index in [0.717, 1.165) is 11.6 Å². The number of hydroxylamine groups is 1. The number of sulfonamides is 1. The van der Waals surface area contributed by atoms with Crippen molar-refractivity contribution in [2.24, 2.45) is 0 Å². The highest BCUT2D eigenvalue weighted by atomic mass is 32.2. The van der Waals surface area contributed by atoms with Crippen LogP contribution in [0.5, 0.6) is 0 Å².